The van der Waals surface area contributed by atoms with Crippen molar-refractivity contribution in [3.05, 3.63) is 65.5 Å². The molecular formula is C20H24F3N5O5. The van der Waals surface area contributed by atoms with Crippen molar-refractivity contribution in [3.63, 3.8) is 0 Å². The fraction of sp³-hybridized carbons (Fsp3) is 0.450. The number of nitrogens with zero attached hydrogens (tertiary/aromatic N) is 4. The van der Waals surface area contributed by atoms with E-state index < -0.39 is 38.7 Å². The molecule has 0 amide bonds. The van der Waals surface area contributed by atoms with Gasteiger partial charge in [0.05, 0.1) is 17.0 Å². The number of unbranched alkanes of at least 4 members (excludes halogenated alkanes) is 1. The van der Waals surface area contributed by atoms with Crippen molar-refractivity contribution in [2.75, 3.05) is 6.54 Å². The first-order valence-electron chi connectivity index (χ1n) is 10.1. The monoisotopic (exact) mass is 471 g/mol. The minimum atomic E-state index is -4.97. The number of aromatic nitrogens is 2. The van der Waals surface area contributed by atoms with Crippen LogP contribution < -0.4 is 16.3 Å². The van der Waals surface area contributed by atoms with Gasteiger partial charge in [0, 0.05) is 44.9 Å². The lowest BCUT2D eigenvalue weighted by Gasteiger charge is -2.22. The van der Waals surface area contributed by atoms with E-state index in [1.54, 1.807) is 0 Å². The summed E-state index contributed by atoms with van der Waals surface area (Å²) in [5.41, 5.74) is -3.44. The number of rotatable bonds is 9. The highest BCUT2D eigenvalue weighted by molar-refractivity contribution is 5.63. The van der Waals surface area contributed by atoms with Gasteiger partial charge in [-0.05, 0) is 12.8 Å². The quantitative estimate of drug-likeness (QED) is 0.260. The SMILES string of the molecule is CCCc1c(N=CCCC[NH+]([O-])c2ccc([N+](=O)[O-])c(C(F)(F)F)c2)n(C)c(=O)n(C)c1=O. The van der Waals surface area contributed by atoms with Crippen LogP contribution in [0.4, 0.5) is 30.4 Å². The number of aliphatic imine (C=N–C) groups is 1. The van der Waals surface area contributed by atoms with Gasteiger partial charge < -0.3 is 10.3 Å². The zero-order valence-corrected chi connectivity index (χ0v) is 18.3. The minimum absolute atomic E-state index is 0.113. The van der Waals surface area contributed by atoms with Gasteiger partial charge >= 0.3 is 11.9 Å². The molecule has 1 unspecified atom stereocenters. The van der Waals surface area contributed by atoms with Gasteiger partial charge in [0.1, 0.15) is 17.1 Å². The zero-order chi connectivity index (χ0) is 24.9. The lowest BCUT2D eigenvalue weighted by molar-refractivity contribution is -0.776. The number of nitro benzene ring substituents is 1. The van der Waals surface area contributed by atoms with E-state index in [-0.39, 0.29) is 30.9 Å². The van der Waals surface area contributed by atoms with E-state index in [0.29, 0.717) is 30.5 Å². The Balaban J connectivity index is 2.13. The zero-order valence-electron chi connectivity index (χ0n) is 18.3. The molecule has 1 aromatic heterocycles. The maximum absolute atomic E-state index is 13.1. The smallest absolute Gasteiger partial charge is 0.423 e. The molecule has 1 atom stereocenters. The molecule has 0 spiro atoms. The van der Waals surface area contributed by atoms with E-state index in [4.69, 9.17) is 0 Å². The molecular weight excluding hydrogens is 447 g/mol. The molecule has 0 fully saturated rings. The molecule has 13 heteroatoms. The molecule has 1 N–H and O–H groups in total. The van der Waals surface area contributed by atoms with Crippen LogP contribution in [0.2, 0.25) is 0 Å². The van der Waals surface area contributed by atoms with Gasteiger partial charge in [-0.25, -0.2) is 9.79 Å². The highest BCUT2D eigenvalue weighted by Crippen LogP contribution is 2.36. The van der Waals surface area contributed by atoms with E-state index in [9.17, 15) is 38.1 Å². The molecule has 2 rings (SSSR count). The van der Waals surface area contributed by atoms with Crippen LogP contribution in [0, 0.1) is 15.3 Å². The third-order valence-electron chi connectivity index (χ3n) is 5.00. The van der Waals surface area contributed by atoms with Crippen molar-refractivity contribution in [2.45, 2.75) is 38.8 Å². The minimum Gasteiger partial charge on any atom is -0.629 e. The number of nitrogens with one attached hydrogen (secondary N) is 1. The number of hydroxylamine groups is 1. The van der Waals surface area contributed by atoms with Crippen LogP contribution in [0.25, 0.3) is 0 Å². The van der Waals surface area contributed by atoms with E-state index in [1.807, 2.05) is 6.92 Å². The molecule has 1 aromatic carbocycles. The Morgan fingerprint density at radius 2 is 1.88 bits per heavy atom. The summed E-state index contributed by atoms with van der Waals surface area (Å²) in [5, 5.41) is 22.5. The average molecular weight is 471 g/mol. The third-order valence-corrected chi connectivity index (χ3v) is 5.00. The number of hydrogen-bond acceptors (Lipinski definition) is 6. The van der Waals surface area contributed by atoms with E-state index >= 15 is 0 Å². The van der Waals surface area contributed by atoms with Gasteiger partial charge in [0.15, 0.2) is 0 Å². The Labute approximate surface area is 186 Å². The number of nitro groups is 1. The van der Waals surface area contributed by atoms with Crippen molar-refractivity contribution in [1.82, 2.24) is 9.13 Å². The molecule has 0 aliphatic rings. The van der Waals surface area contributed by atoms with Crippen molar-refractivity contribution >= 4 is 23.4 Å². The molecule has 2 aromatic rings. The highest BCUT2D eigenvalue weighted by Gasteiger charge is 2.39. The standard InChI is InChI=1S/C20H24F3N5O5/c1-4-7-14-17(25(2)19(30)26(3)18(14)29)24-10-5-6-11-27(31)13-8-9-16(28(32)33)15(12-13)20(21,22)23/h8-10,12,27H,4-7,11H2,1-3H3. The van der Waals surface area contributed by atoms with Gasteiger partial charge in [0.2, 0.25) is 0 Å². The van der Waals surface area contributed by atoms with Crippen LogP contribution in [0.3, 0.4) is 0 Å². The van der Waals surface area contributed by atoms with Crippen LogP contribution in [0.1, 0.15) is 37.3 Å². The predicted octanol–water partition coefficient (Wildman–Crippen LogP) is 2.16. The fourth-order valence-electron chi connectivity index (χ4n) is 3.28. The van der Waals surface area contributed by atoms with Crippen LogP contribution in [0.15, 0.2) is 32.8 Å². The highest BCUT2D eigenvalue weighted by atomic mass is 19.4. The molecule has 0 radical (unpaired) electrons. The number of quaternary nitrogens is 1. The average Bonchev–Trinajstić information content (AvgIpc) is 2.76. The number of hydrogen-bond donors (Lipinski definition) is 1. The molecule has 33 heavy (non-hydrogen) atoms. The van der Waals surface area contributed by atoms with Gasteiger partial charge in [-0.3, -0.25) is 24.0 Å². The van der Waals surface area contributed by atoms with Crippen LogP contribution in [0.5, 0.6) is 0 Å². The lowest BCUT2D eigenvalue weighted by Crippen LogP contribution is -3.02. The largest absolute Gasteiger partial charge is 0.629 e. The van der Waals surface area contributed by atoms with Gasteiger partial charge in [-0.2, -0.15) is 13.2 Å². The fourth-order valence-corrected chi connectivity index (χ4v) is 3.28. The third kappa shape index (κ3) is 5.93. The molecule has 0 aliphatic heterocycles. The molecule has 0 saturated heterocycles. The molecule has 180 valence electrons. The van der Waals surface area contributed by atoms with Crippen molar-refractivity contribution in [3.8, 4) is 0 Å². The van der Waals surface area contributed by atoms with Crippen molar-refractivity contribution < 1.29 is 23.2 Å². The number of benzene rings is 1. The Hall–Kier alpha value is -3.32. The number of alkyl halides is 3. The summed E-state index contributed by atoms with van der Waals surface area (Å²) >= 11 is 0. The molecule has 0 aliphatic carbocycles. The van der Waals surface area contributed by atoms with Crippen LogP contribution in [-0.4, -0.2) is 26.8 Å². The van der Waals surface area contributed by atoms with Gasteiger partial charge in [-0.1, -0.05) is 13.3 Å². The Kier molecular flexibility index (Phi) is 8.28. The van der Waals surface area contributed by atoms with Crippen LogP contribution >= 0.6 is 0 Å². The molecule has 0 saturated carbocycles. The summed E-state index contributed by atoms with van der Waals surface area (Å²) in [6.07, 6.45) is -1.93. The second kappa shape index (κ2) is 10.5. The molecule has 1 heterocycles. The lowest BCUT2D eigenvalue weighted by atomic mass is 10.1. The second-order valence-corrected chi connectivity index (χ2v) is 7.37. The maximum Gasteiger partial charge on any atom is 0.423 e. The summed E-state index contributed by atoms with van der Waals surface area (Å²) in [7, 11) is 2.87. The number of halogens is 3. The Bertz CT molecular complexity index is 1170. The van der Waals surface area contributed by atoms with E-state index in [2.05, 4.69) is 4.99 Å². The topological polar surface area (TPSA) is 127 Å². The predicted molar refractivity (Wildman–Crippen MR) is 115 cm³/mol. The first-order chi connectivity index (χ1) is 15.4. The Morgan fingerprint density at radius 3 is 2.45 bits per heavy atom. The first kappa shape index (κ1) is 25.9. The normalized spacial score (nSPS) is 12.9. The molecule has 0 bridgehead atoms. The van der Waals surface area contributed by atoms with E-state index in [1.165, 1.54) is 24.9 Å². The Morgan fingerprint density at radius 1 is 1.21 bits per heavy atom. The van der Waals surface area contributed by atoms with Crippen molar-refractivity contribution in [1.29, 1.82) is 0 Å². The van der Waals surface area contributed by atoms with Crippen molar-refractivity contribution in [2.24, 2.45) is 19.1 Å². The summed E-state index contributed by atoms with van der Waals surface area (Å²) < 4.78 is 41.5. The first-order valence-corrected chi connectivity index (χ1v) is 10.1. The second-order valence-electron chi connectivity index (χ2n) is 7.37. The molecule has 10 nitrogen and oxygen atoms in total. The van der Waals surface area contributed by atoms with Gasteiger partial charge in [0.25, 0.3) is 11.2 Å². The summed E-state index contributed by atoms with van der Waals surface area (Å²) in [6.45, 7) is 1.77. The van der Waals surface area contributed by atoms with Gasteiger partial charge in [-0.15, -0.1) is 0 Å². The van der Waals surface area contributed by atoms with Crippen LogP contribution in [-0.2, 0) is 26.7 Å². The van der Waals surface area contributed by atoms with E-state index in [0.717, 1.165) is 10.6 Å². The summed E-state index contributed by atoms with van der Waals surface area (Å²) in [6, 6.07) is 2.15. The summed E-state index contributed by atoms with van der Waals surface area (Å²) in [5.74, 6) is 0.224. The summed E-state index contributed by atoms with van der Waals surface area (Å²) in [4.78, 5) is 38.4. The maximum atomic E-state index is 13.1.